The largest absolute Gasteiger partial charge is 0.497 e. The van der Waals surface area contributed by atoms with Crippen molar-refractivity contribution in [3.8, 4) is 5.75 Å². The highest BCUT2D eigenvalue weighted by molar-refractivity contribution is 5.94. The molecular formula is C18H18N2O2. The third kappa shape index (κ3) is 2.30. The SMILES string of the molecule is COc1ccc2c(c1)CCN1CC2OC(c2ccccc2)=N1. The molecule has 0 aliphatic carbocycles. The summed E-state index contributed by atoms with van der Waals surface area (Å²) in [6, 6.07) is 16.3. The predicted molar refractivity (Wildman–Crippen MR) is 85.1 cm³/mol. The van der Waals surface area contributed by atoms with Crippen LogP contribution in [0.15, 0.2) is 53.6 Å². The van der Waals surface area contributed by atoms with Gasteiger partial charge in [0.15, 0.2) is 0 Å². The van der Waals surface area contributed by atoms with Crippen molar-refractivity contribution in [2.45, 2.75) is 12.5 Å². The molecule has 1 unspecified atom stereocenters. The lowest BCUT2D eigenvalue weighted by Crippen LogP contribution is -2.32. The molecule has 0 radical (unpaired) electrons. The zero-order valence-electron chi connectivity index (χ0n) is 12.5. The van der Waals surface area contributed by atoms with Crippen LogP contribution in [0.25, 0.3) is 0 Å². The maximum atomic E-state index is 6.19. The lowest BCUT2D eigenvalue weighted by Gasteiger charge is -2.30. The van der Waals surface area contributed by atoms with Crippen LogP contribution in [0.1, 0.15) is 22.8 Å². The second kappa shape index (κ2) is 5.37. The zero-order chi connectivity index (χ0) is 14.9. The summed E-state index contributed by atoms with van der Waals surface area (Å²) in [5, 5.41) is 6.77. The molecule has 0 aromatic heterocycles. The van der Waals surface area contributed by atoms with E-state index in [0.717, 1.165) is 30.8 Å². The molecule has 1 atom stereocenters. The molecular weight excluding hydrogens is 276 g/mol. The van der Waals surface area contributed by atoms with Gasteiger partial charge in [-0.05, 0) is 41.8 Å². The van der Waals surface area contributed by atoms with Crippen LogP contribution < -0.4 is 4.74 Å². The fraction of sp³-hybridized carbons (Fsp3) is 0.278. The van der Waals surface area contributed by atoms with E-state index in [1.165, 1.54) is 11.1 Å². The van der Waals surface area contributed by atoms with E-state index in [4.69, 9.17) is 9.47 Å². The first-order chi connectivity index (χ1) is 10.8. The van der Waals surface area contributed by atoms with Crippen LogP contribution in [-0.2, 0) is 11.2 Å². The Kier molecular flexibility index (Phi) is 3.22. The van der Waals surface area contributed by atoms with Gasteiger partial charge in [-0.1, -0.05) is 24.3 Å². The van der Waals surface area contributed by atoms with Crippen LogP contribution in [0.4, 0.5) is 0 Å². The first-order valence-corrected chi connectivity index (χ1v) is 7.56. The Morgan fingerprint density at radius 2 is 2.05 bits per heavy atom. The Morgan fingerprint density at radius 1 is 1.18 bits per heavy atom. The lowest BCUT2D eigenvalue weighted by molar-refractivity contribution is 0.0982. The van der Waals surface area contributed by atoms with Gasteiger partial charge in [0.2, 0.25) is 5.90 Å². The Labute approximate surface area is 130 Å². The van der Waals surface area contributed by atoms with Gasteiger partial charge in [0.1, 0.15) is 11.9 Å². The van der Waals surface area contributed by atoms with Crippen LogP contribution in [0.2, 0.25) is 0 Å². The quantitative estimate of drug-likeness (QED) is 0.854. The molecule has 0 N–H and O–H groups in total. The maximum absolute atomic E-state index is 6.19. The minimum absolute atomic E-state index is 0.0242. The first kappa shape index (κ1) is 13.2. The molecule has 0 spiro atoms. The molecule has 22 heavy (non-hydrogen) atoms. The molecule has 4 nitrogen and oxygen atoms in total. The summed E-state index contributed by atoms with van der Waals surface area (Å²) < 4.78 is 11.5. The van der Waals surface area contributed by atoms with E-state index in [1.54, 1.807) is 7.11 Å². The van der Waals surface area contributed by atoms with Crippen LogP contribution in [0.3, 0.4) is 0 Å². The van der Waals surface area contributed by atoms with Crippen LogP contribution >= 0.6 is 0 Å². The number of rotatable bonds is 2. The summed E-state index contributed by atoms with van der Waals surface area (Å²) >= 11 is 0. The van der Waals surface area contributed by atoms with Crippen LogP contribution in [0.5, 0.6) is 5.75 Å². The van der Waals surface area contributed by atoms with Crippen LogP contribution in [0, 0.1) is 0 Å². The molecule has 2 aliphatic heterocycles. The Balaban J connectivity index is 1.70. The summed E-state index contributed by atoms with van der Waals surface area (Å²) in [5.74, 6) is 1.61. The molecule has 0 saturated carbocycles. The molecule has 0 amide bonds. The van der Waals surface area contributed by atoms with Crippen molar-refractivity contribution >= 4 is 5.90 Å². The number of benzene rings is 2. The van der Waals surface area contributed by atoms with Crippen LogP contribution in [-0.4, -0.2) is 31.1 Å². The normalized spacial score (nSPS) is 19.6. The first-order valence-electron chi connectivity index (χ1n) is 7.56. The summed E-state index contributed by atoms with van der Waals surface area (Å²) in [6.45, 7) is 1.70. The van der Waals surface area contributed by atoms with Gasteiger partial charge < -0.3 is 9.47 Å². The van der Waals surface area contributed by atoms with Gasteiger partial charge in [0.25, 0.3) is 0 Å². The van der Waals surface area contributed by atoms with Gasteiger partial charge in [-0.3, -0.25) is 5.01 Å². The van der Waals surface area contributed by atoms with Gasteiger partial charge in [0, 0.05) is 12.1 Å². The molecule has 2 heterocycles. The van der Waals surface area contributed by atoms with E-state index in [9.17, 15) is 0 Å². The van der Waals surface area contributed by atoms with Crippen molar-refractivity contribution in [1.82, 2.24) is 5.01 Å². The number of fused-ring (bicyclic) bond motifs is 4. The molecule has 4 heteroatoms. The van der Waals surface area contributed by atoms with Crippen molar-refractivity contribution in [2.24, 2.45) is 5.10 Å². The summed E-state index contributed by atoms with van der Waals surface area (Å²) in [5.41, 5.74) is 3.55. The van der Waals surface area contributed by atoms with E-state index in [0.29, 0.717) is 5.90 Å². The van der Waals surface area contributed by atoms with Crippen molar-refractivity contribution in [1.29, 1.82) is 0 Å². The highest BCUT2D eigenvalue weighted by Crippen LogP contribution is 2.32. The molecule has 2 aromatic rings. The van der Waals surface area contributed by atoms with Crippen molar-refractivity contribution in [3.05, 3.63) is 65.2 Å². The van der Waals surface area contributed by atoms with E-state index in [1.807, 2.05) is 36.4 Å². The lowest BCUT2D eigenvalue weighted by atomic mass is 10.0. The van der Waals surface area contributed by atoms with Gasteiger partial charge in [0.05, 0.1) is 13.7 Å². The number of hydrogen-bond donors (Lipinski definition) is 0. The standard InChI is InChI=1S/C18H18N2O2/c1-21-15-7-8-16-14(11-15)9-10-20-12-17(16)22-18(19-20)13-5-3-2-4-6-13/h2-8,11,17H,9-10,12H2,1H3. The fourth-order valence-electron chi connectivity index (χ4n) is 3.06. The number of methoxy groups -OCH3 is 1. The van der Waals surface area contributed by atoms with E-state index in [2.05, 4.69) is 22.2 Å². The van der Waals surface area contributed by atoms with E-state index >= 15 is 0 Å². The third-order valence-corrected chi connectivity index (χ3v) is 4.22. The summed E-state index contributed by atoms with van der Waals surface area (Å²) in [4.78, 5) is 0. The Morgan fingerprint density at radius 3 is 2.86 bits per heavy atom. The number of hydrazone groups is 1. The highest BCUT2D eigenvalue weighted by atomic mass is 16.5. The monoisotopic (exact) mass is 294 g/mol. The minimum Gasteiger partial charge on any atom is -0.497 e. The number of nitrogens with zero attached hydrogens (tertiary/aromatic N) is 2. The molecule has 4 rings (SSSR count). The minimum atomic E-state index is 0.0242. The van der Waals surface area contributed by atoms with Gasteiger partial charge >= 0.3 is 0 Å². The molecule has 0 fully saturated rings. The highest BCUT2D eigenvalue weighted by Gasteiger charge is 2.29. The van der Waals surface area contributed by atoms with Crippen molar-refractivity contribution in [2.75, 3.05) is 20.2 Å². The van der Waals surface area contributed by atoms with Gasteiger partial charge in [-0.2, -0.15) is 0 Å². The van der Waals surface area contributed by atoms with Crippen molar-refractivity contribution in [3.63, 3.8) is 0 Å². The number of ether oxygens (including phenoxy) is 2. The smallest absolute Gasteiger partial charge is 0.238 e. The van der Waals surface area contributed by atoms with E-state index in [-0.39, 0.29) is 6.10 Å². The average Bonchev–Trinajstić information content (AvgIpc) is 2.71. The zero-order valence-corrected chi connectivity index (χ0v) is 12.5. The second-order valence-electron chi connectivity index (χ2n) is 5.61. The fourth-order valence-corrected chi connectivity index (χ4v) is 3.06. The Bertz CT molecular complexity index is 712. The predicted octanol–water partition coefficient (Wildman–Crippen LogP) is 2.99. The van der Waals surface area contributed by atoms with Gasteiger partial charge in [-0.25, -0.2) is 0 Å². The number of hydrogen-bond acceptors (Lipinski definition) is 4. The third-order valence-electron chi connectivity index (χ3n) is 4.22. The molecule has 0 saturated heterocycles. The van der Waals surface area contributed by atoms with Crippen molar-refractivity contribution < 1.29 is 9.47 Å². The molecule has 2 aliphatic rings. The Hall–Kier alpha value is -2.49. The average molecular weight is 294 g/mol. The molecule has 2 bridgehead atoms. The van der Waals surface area contributed by atoms with Gasteiger partial charge in [-0.15, -0.1) is 5.10 Å². The molecule has 2 aromatic carbocycles. The van der Waals surface area contributed by atoms with E-state index < -0.39 is 0 Å². The summed E-state index contributed by atoms with van der Waals surface area (Å²) in [6.07, 6.45) is 0.980. The topological polar surface area (TPSA) is 34.1 Å². The molecule has 112 valence electrons. The summed E-state index contributed by atoms with van der Waals surface area (Å²) in [7, 11) is 1.70. The second-order valence-corrected chi connectivity index (χ2v) is 5.61. The maximum Gasteiger partial charge on any atom is 0.238 e.